The van der Waals surface area contributed by atoms with Gasteiger partial charge in [0.15, 0.2) is 0 Å². The van der Waals surface area contributed by atoms with Crippen LogP contribution in [0.2, 0.25) is 0 Å². The number of aryl methyl sites for hydroxylation is 1. The zero-order valence-corrected chi connectivity index (χ0v) is 18.6. The fourth-order valence-electron chi connectivity index (χ4n) is 3.59. The van der Waals surface area contributed by atoms with Crippen molar-refractivity contribution in [1.82, 2.24) is 0 Å². The van der Waals surface area contributed by atoms with Gasteiger partial charge in [-0.2, -0.15) is 0 Å². The molecule has 0 bridgehead atoms. The molecule has 0 heterocycles. The number of rotatable bonds is 16. The Labute approximate surface area is 178 Å². The minimum Gasteiger partial charge on any atom is -0.457 e. The molecule has 0 saturated heterocycles. The lowest BCUT2D eigenvalue weighted by Gasteiger charge is -2.12. The zero-order valence-electron chi connectivity index (χ0n) is 18.6. The van der Waals surface area contributed by atoms with E-state index in [1.165, 1.54) is 75.3 Å². The lowest BCUT2D eigenvalue weighted by molar-refractivity contribution is 0.132. The number of ether oxygens (including phenoxy) is 2. The summed E-state index contributed by atoms with van der Waals surface area (Å²) in [6, 6.07) is 16.4. The van der Waals surface area contributed by atoms with E-state index in [1.807, 2.05) is 30.3 Å². The van der Waals surface area contributed by atoms with E-state index < -0.39 is 0 Å². The van der Waals surface area contributed by atoms with Crippen LogP contribution >= 0.6 is 0 Å². The smallest absolute Gasteiger partial charge is 0.130 e. The van der Waals surface area contributed by atoms with Gasteiger partial charge in [0.25, 0.3) is 0 Å². The van der Waals surface area contributed by atoms with Crippen LogP contribution in [-0.2, 0) is 11.2 Å². The molecule has 0 N–H and O–H groups in total. The predicted octanol–water partition coefficient (Wildman–Crippen LogP) is 8.27. The van der Waals surface area contributed by atoms with Gasteiger partial charge in [-0.1, -0.05) is 101 Å². The monoisotopic (exact) mass is 396 g/mol. The highest BCUT2D eigenvalue weighted by Crippen LogP contribution is 2.26. The van der Waals surface area contributed by atoms with Crippen molar-refractivity contribution < 1.29 is 9.47 Å². The molecule has 0 spiro atoms. The van der Waals surface area contributed by atoms with E-state index in [-0.39, 0.29) is 0 Å². The molecule has 0 amide bonds. The molecule has 0 aliphatic carbocycles. The molecule has 2 aromatic rings. The predicted molar refractivity (Wildman–Crippen MR) is 124 cm³/mol. The summed E-state index contributed by atoms with van der Waals surface area (Å²) in [5.74, 6) is 1.81. The molecule has 0 aliphatic heterocycles. The molecule has 0 radical (unpaired) electrons. The number of unbranched alkanes of at least 4 members (excludes halogenated alkanes) is 9. The SMILES string of the molecule is CCCCCCCCCCCCOCCc1cc(C)ccc1Oc1ccccc1. The van der Waals surface area contributed by atoms with E-state index in [4.69, 9.17) is 9.47 Å². The van der Waals surface area contributed by atoms with Gasteiger partial charge in [0.05, 0.1) is 6.61 Å². The average Bonchev–Trinajstić information content (AvgIpc) is 2.74. The van der Waals surface area contributed by atoms with E-state index in [0.717, 1.165) is 31.1 Å². The Hall–Kier alpha value is -1.80. The van der Waals surface area contributed by atoms with Crippen LogP contribution in [0, 0.1) is 6.92 Å². The van der Waals surface area contributed by atoms with Crippen molar-refractivity contribution in [3.8, 4) is 11.5 Å². The molecule has 0 atom stereocenters. The molecular weight excluding hydrogens is 356 g/mol. The number of benzene rings is 2. The molecule has 160 valence electrons. The van der Waals surface area contributed by atoms with Crippen LogP contribution in [-0.4, -0.2) is 13.2 Å². The lowest BCUT2D eigenvalue weighted by atomic mass is 10.1. The molecule has 2 aromatic carbocycles. The van der Waals surface area contributed by atoms with Crippen molar-refractivity contribution in [3.05, 3.63) is 59.7 Å². The maximum Gasteiger partial charge on any atom is 0.130 e. The molecule has 0 aliphatic rings. The molecule has 29 heavy (non-hydrogen) atoms. The van der Waals surface area contributed by atoms with Gasteiger partial charge >= 0.3 is 0 Å². The third-order valence-corrected chi connectivity index (χ3v) is 5.34. The fraction of sp³-hybridized carbons (Fsp3) is 0.556. The quantitative estimate of drug-likeness (QED) is 0.266. The highest BCUT2D eigenvalue weighted by Gasteiger charge is 2.06. The summed E-state index contributed by atoms with van der Waals surface area (Å²) in [4.78, 5) is 0. The Morgan fingerprint density at radius 1 is 0.690 bits per heavy atom. The normalized spacial score (nSPS) is 11.0. The van der Waals surface area contributed by atoms with Crippen molar-refractivity contribution >= 4 is 0 Å². The van der Waals surface area contributed by atoms with Gasteiger partial charge in [0.2, 0.25) is 0 Å². The first kappa shape index (κ1) is 23.5. The van der Waals surface area contributed by atoms with E-state index in [9.17, 15) is 0 Å². The van der Waals surface area contributed by atoms with Gasteiger partial charge in [0, 0.05) is 6.61 Å². The van der Waals surface area contributed by atoms with Gasteiger partial charge in [-0.05, 0) is 43.5 Å². The molecule has 2 heteroatoms. The van der Waals surface area contributed by atoms with E-state index >= 15 is 0 Å². The van der Waals surface area contributed by atoms with Crippen LogP contribution in [0.1, 0.15) is 82.3 Å². The molecule has 2 nitrogen and oxygen atoms in total. The van der Waals surface area contributed by atoms with E-state index in [0.29, 0.717) is 0 Å². The molecule has 0 fully saturated rings. The molecule has 0 unspecified atom stereocenters. The Morgan fingerprint density at radius 2 is 1.34 bits per heavy atom. The van der Waals surface area contributed by atoms with Crippen molar-refractivity contribution in [3.63, 3.8) is 0 Å². The van der Waals surface area contributed by atoms with Crippen molar-refractivity contribution in [2.75, 3.05) is 13.2 Å². The first-order valence-electron chi connectivity index (χ1n) is 11.7. The third-order valence-electron chi connectivity index (χ3n) is 5.34. The van der Waals surface area contributed by atoms with Gasteiger partial charge in [-0.15, -0.1) is 0 Å². The maximum absolute atomic E-state index is 6.07. The van der Waals surface area contributed by atoms with Crippen LogP contribution in [0.5, 0.6) is 11.5 Å². The third kappa shape index (κ3) is 10.5. The first-order valence-corrected chi connectivity index (χ1v) is 11.7. The summed E-state index contributed by atoms with van der Waals surface area (Å²) >= 11 is 0. The van der Waals surface area contributed by atoms with Crippen LogP contribution in [0.3, 0.4) is 0 Å². The minimum atomic E-state index is 0.756. The fourth-order valence-corrected chi connectivity index (χ4v) is 3.59. The Bertz CT molecular complexity index is 651. The second-order valence-corrected chi connectivity index (χ2v) is 8.07. The highest BCUT2D eigenvalue weighted by molar-refractivity contribution is 5.40. The standard InChI is InChI=1S/C27H40O2/c1-3-4-5-6-7-8-9-10-11-15-21-28-22-20-25-23-24(2)18-19-27(25)29-26-16-13-12-14-17-26/h12-14,16-19,23H,3-11,15,20-22H2,1-2H3. The Balaban J connectivity index is 1.56. The summed E-state index contributed by atoms with van der Waals surface area (Å²) in [5, 5.41) is 0. The summed E-state index contributed by atoms with van der Waals surface area (Å²) in [6.45, 7) is 6.03. The van der Waals surface area contributed by atoms with Crippen molar-refractivity contribution in [2.24, 2.45) is 0 Å². The largest absolute Gasteiger partial charge is 0.457 e. The van der Waals surface area contributed by atoms with Gasteiger partial charge in [0.1, 0.15) is 11.5 Å². The second kappa shape index (κ2) is 15.1. The van der Waals surface area contributed by atoms with Gasteiger partial charge < -0.3 is 9.47 Å². The lowest BCUT2D eigenvalue weighted by Crippen LogP contribution is -2.02. The average molecular weight is 397 g/mol. The molecular formula is C27H40O2. The van der Waals surface area contributed by atoms with Crippen LogP contribution in [0.15, 0.2) is 48.5 Å². The highest BCUT2D eigenvalue weighted by atomic mass is 16.5. The van der Waals surface area contributed by atoms with Crippen LogP contribution in [0.4, 0.5) is 0 Å². The van der Waals surface area contributed by atoms with E-state index in [1.54, 1.807) is 0 Å². The molecule has 0 aromatic heterocycles. The topological polar surface area (TPSA) is 18.5 Å². The number of para-hydroxylation sites is 1. The summed E-state index contributed by atoms with van der Waals surface area (Å²) in [5.41, 5.74) is 2.48. The minimum absolute atomic E-state index is 0.756. The Morgan fingerprint density at radius 3 is 2.03 bits per heavy atom. The molecule has 2 rings (SSSR count). The molecule has 0 saturated carbocycles. The summed E-state index contributed by atoms with van der Waals surface area (Å²) < 4.78 is 12.0. The van der Waals surface area contributed by atoms with Crippen molar-refractivity contribution in [1.29, 1.82) is 0 Å². The second-order valence-electron chi connectivity index (χ2n) is 8.07. The van der Waals surface area contributed by atoms with Crippen LogP contribution in [0.25, 0.3) is 0 Å². The number of hydrogen-bond donors (Lipinski definition) is 0. The summed E-state index contributed by atoms with van der Waals surface area (Å²) in [6.07, 6.45) is 14.5. The maximum atomic E-state index is 6.07. The van der Waals surface area contributed by atoms with Crippen molar-refractivity contribution in [2.45, 2.75) is 84.5 Å². The van der Waals surface area contributed by atoms with E-state index in [2.05, 4.69) is 32.0 Å². The zero-order chi connectivity index (χ0) is 20.6. The van der Waals surface area contributed by atoms with Gasteiger partial charge in [-0.25, -0.2) is 0 Å². The van der Waals surface area contributed by atoms with Crippen LogP contribution < -0.4 is 4.74 Å². The summed E-state index contributed by atoms with van der Waals surface area (Å²) in [7, 11) is 0. The Kier molecular flexibility index (Phi) is 12.2. The van der Waals surface area contributed by atoms with Gasteiger partial charge in [-0.3, -0.25) is 0 Å². The first-order chi connectivity index (χ1) is 14.3. The number of hydrogen-bond acceptors (Lipinski definition) is 2.